The Hall–Kier alpha value is -2.93. The Kier molecular flexibility index (Phi) is 5.83. The Morgan fingerprint density at radius 2 is 1.84 bits per heavy atom. The second kappa shape index (κ2) is 8.90. The molecule has 0 radical (unpaired) electrons. The lowest BCUT2D eigenvalue weighted by molar-refractivity contribution is 0.269. The molecule has 0 bridgehead atoms. The predicted molar refractivity (Wildman–Crippen MR) is 129 cm³/mol. The van der Waals surface area contributed by atoms with Gasteiger partial charge in [0, 0.05) is 35.7 Å². The fraction of sp³-hybridized carbons (Fsp3) is 0.125. The molecule has 1 aromatic carbocycles. The lowest BCUT2D eigenvalue weighted by atomic mass is 10.0. The van der Waals surface area contributed by atoms with Crippen molar-refractivity contribution in [1.82, 2.24) is 20.2 Å². The zero-order valence-electron chi connectivity index (χ0n) is 16.8. The summed E-state index contributed by atoms with van der Waals surface area (Å²) in [5.41, 5.74) is 2.77. The average Bonchev–Trinajstić information content (AvgIpc) is 3.40. The van der Waals surface area contributed by atoms with Crippen LogP contribution in [-0.4, -0.2) is 20.0 Å². The first-order chi connectivity index (χ1) is 15.6. The number of aromatic nitrogens is 2. The van der Waals surface area contributed by atoms with Gasteiger partial charge in [-0.2, -0.15) is 0 Å². The minimum Gasteiger partial charge on any atom is -0.459 e. The van der Waals surface area contributed by atoms with Gasteiger partial charge in [-0.25, -0.2) is 0 Å². The van der Waals surface area contributed by atoms with Crippen molar-refractivity contribution in [2.24, 2.45) is 0 Å². The molecule has 4 aromatic rings. The molecule has 1 N–H and O–H groups in total. The number of halogens is 2. The highest BCUT2D eigenvalue weighted by molar-refractivity contribution is 7.80. The van der Waals surface area contributed by atoms with Crippen LogP contribution in [0.25, 0.3) is 11.3 Å². The van der Waals surface area contributed by atoms with E-state index in [1.807, 2.05) is 48.5 Å². The summed E-state index contributed by atoms with van der Waals surface area (Å²) < 4.78 is 6.33. The van der Waals surface area contributed by atoms with Crippen LogP contribution in [0, 0.1) is 0 Å². The van der Waals surface area contributed by atoms with Gasteiger partial charge in [-0.1, -0.05) is 29.3 Å². The Morgan fingerprint density at radius 1 is 1.00 bits per heavy atom. The zero-order chi connectivity index (χ0) is 22.1. The van der Waals surface area contributed by atoms with Crippen molar-refractivity contribution in [3.63, 3.8) is 0 Å². The summed E-state index contributed by atoms with van der Waals surface area (Å²) in [7, 11) is 0. The molecule has 0 unspecified atom stereocenters. The molecule has 5 nitrogen and oxygen atoms in total. The summed E-state index contributed by atoms with van der Waals surface area (Å²) in [5, 5.41) is 5.19. The number of thiocarbonyl (C=S) groups is 1. The van der Waals surface area contributed by atoms with E-state index in [2.05, 4.69) is 20.2 Å². The van der Waals surface area contributed by atoms with E-state index >= 15 is 0 Å². The second-order valence-electron chi connectivity index (χ2n) is 7.44. The molecule has 4 heterocycles. The molecule has 0 aliphatic carbocycles. The molecule has 5 rings (SSSR count). The van der Waals surface area contributed by atoms with Crippen molar-refractivity contribution in [2.45, 2.75) is 18.6 Å². The van der Waals surface area contributed by atoms with Crippen molar-refractivity contribution in [2.75, 3.05) is 0 Å². The van der Waals surface area contributed by atoms with Gasteiger partial charge < -0.3 is 14.6 Å². The molecule has 1 aliphatic rings. The van der Waals surface area contributed by atoms with Gasteiger partial charge in [0.15, 0.2) is 5.11 Å². The quantitative estimate of drug-likeness (QED) is 0.342. The first-order valence-electron chi connectivity index (χ1n) is 10.0. The van der Waals surface area contributed by atoms with Crippen molar-refractivity contribution < 1.29 is 4.42 Å². The van der Waals surface area contributed by atoms with Crippen molar-refractivity contribution in [3.8, 4) is 11.3 Å². The molecule has 0 spiro atoms. The van der Waals surface area contributed by atoms with Crippen LogP contribution in [0.15, 0.2) is 83.7 Å². The topological polar surface area (TPSA) is 54.2 Å². The maximum absolute atomic E-state index is 6.41. The monoisotopic (exact) mass is 480 g/mol. The zero-order valence-corrected chi connectivity index (χ0v) is 19.1. The molecular weight excluding hydrogens is 463 g/mol. The van der Waals surface area contributed by atoms with Gasteiger partial charge in [-0.05, 0) is 72.4 Å². The van der Waals surface area contributed by atoms with Gasteiger partial charge in [0.25, 0.3) is 0 Å². The van der Waals surface area contributed by atoms with Crippen LogP contribution in [0.5, 0.6) is 0 Å². The van der Waals surface area contributed by atoms with E-state index in [1.165, 1.54) is 0 Å². The Labute approximate surface area is 201 Å². The van der Waals surface area contributed by atoms with E-state index in [9.17, 15) is 0 Å². The Morgan fingerprint density at radius 3 is 2.59 bits per heavy atom. The average molecular weight is 481 g/mol. The molecular formula is C24H18Cl2N4OS. The van der Waals surface area contributed by atoms with Crippen LogP contribution < -0.4 is 5.32 Å². The van der Waals surface area contributed by atoms with Gasteiger partial charge in [0.2, 0.25) is 0 Å². The highest BCUT2D eigenvalue weighted by Gasteiger charge is 2.41. The maximum Gasteiger partial charge on any atom is 0.170 e. The fourth-order valence-electron chi connectivity index (χ4n) is 3.92. The van der Waals surface area contributed by atoms with Crippen LogP contribution in [0.2, 0.25) is 10.0 Å². The van der Waals surface area contributed by atoms with Gasteiger partial charge in [0.05, 0.1) is 16.8 Å². The van der Waals surface area contributed by atoms with Crippen LogP contribution in [0.3, 0.4) is 0 Å². The van der Waals surface area contributed by atoms with Crippen molar-refractivity contribution in [1.29, 1.82) is 0 Å². The lowest BCUT2D eigenvalue weighted by Gasteiger charge is -2.26. The molecule has 1 aliphatic heterocycles. The molecule has 0 amide bonds. The summed E-state index contributed by atoms with van der Waals surface area (Å²) in [6, 6.07) is 18.7. The molecule has 2 atom stereocenters. The van der Waals surface area contributed by atoms with Crippen LogP contribution >= 0.6 is 35.4 Å². The summed E-state index contributed by atoms with van der Waals surface area (Å²) >= 11 is 18.2. The molecule has 1 fully saturated rings. The number of hydrogen-bond acceptors (Lipinski definition) is 4. The highest BCUT2D eigenvalue weighted by atomic mass is 35.5. The highest BCUT2D eigenvalue weighted by Crippen LogP contribution is 2.42. The second-order valence-corrected chi connectivity index (χ2v) is 8.67. The standard InChI is InChI=1S/C24H18Cl2N4OS/c25-16-4-5-17(18(26)13-16)20-6-7-21(31-20)23-22(19-3-1-2-10-28-19)29-24(32)30(23)14-15-8-11-27-12-9-15/h1-13,22-23H,14H2,(H,29,32)/t22-,23-/m1/s1. The number of furan rings is 1. The van der Waals surface area contributed by atoms with Crippen LogP contribution in [-0.2, 0) is 6.54 Å². The Balaban J connectivity index is 1.55. The van der Waals surface area contributed by atoms with Crippen LogP contribution in [0.4, 0.5) is 0 Å². The van der Waals surface area contributed by atoms with Crippen molar-refractivity contribution >= 4 is 40.5 Å². The smallest absolute Gasteiger partial charge is 0.170 e. The first-order valence-corrected chi connectivity index (χ1v) is 11.2. The number of benzene rings is 1. The molecule has 3 aromatic heterocycles. The number of rotatable bonds is 5. The third-order valence-corrected chi connectivity index (χ3v) is 6.32. The van der Waals surface area contributed by atoms with E-state index in [1.54, 1.807) is 30.7 Å². The predicted octanol–water partition coefficient (Wildman–Crippen LogP) is 6.22. The normalized spacial score (nSPS) is 18.1. The van der Waals surface area contributed by atoms with Crippen LogP contribution in [0.1, 0.15) is 29.1 Å². The summed E-state index contributed by atoms with van der Waals surface area (Å²) in [4.78, 5) is 10.8. The Bertz CT molecular complexity index is 1250. The molecule has 0 saturated carbocycles. The lowest BCUT2D eigenvalue weighted by Crippen LogP contribution is -2.29. The van der Waals surface area contributed by atoms with Gasteiger partial charge in [-0.3, -0.25) is 9.97 Å². The summed E-state index contributed by atoms with van der Waals surface area (Å²) in [6.45, 7) is 0.611. The maximum atomic E-state index is 6.41. The van der Waals surface area contributed by atoms with E-state index in [0.717, 1.165) is 22.6 Å². The molecule has 8 heteroatoms. The molecule has 32 heavy (non-hydrogen) atoms. The summed E-state index contributed by atoms with van der Waals surface area (Å²) in [6.07, 6.45) is 5.34. The number of nitrogens with one attached hydrogen (secondary N) is 1. The third kappa shape index (κ3) is 4.09. The van der Waals surface area contributed by atoms with Gasteiger partial charge in [0.1, 0.15) is 17.6 Å². The third-order valence-electron chi connectivity index (χ3n) is 5.41. The molecule has 1 saturated heterocycles. The van der Waals surface area contributed by atoms with Crippen molar-refractivity contribution in [3.05, 3.63) is 106 Å². The van der Waals surface area contributed by atoms with Gasteiger partial charge >= 0.3 is 0 Å². The minimum absolute atomic E-state index is 0.162. The van der Waals surface area contributed by atoms with E-state index in [0.29, 0.717) is 27.5 Å². The molecule has 160 valence electrons. The van der Waals surface area contributed by atoms with E-state index < -0.39 is 0 Å². The number of hydrogen-bond donors (Lipinski definition) is 1. The summed E-state index contributed by atoms with van der Waals surface area (Å²) in [5.74, 6) is 1.44. The minimum atomic E-state index is -0.189. The number of pyridine rings is 2. The van der Waals surface area contributed by atoms with E-state index in [-0.39, 0.29) is 12.1 Å². The van der Waals surface area contributed by atoms with E-state index in [4.69, 9.17) is 39.8 Å². The fourth-order valence-corrected chi connectivity index (χ4v) is 4.72. The number of nitrogens with zero attached hydrogens (tertiary/aromatic N) is 3. The SMILES string of the molecule is S=C1N[C@H](c2ccccn2)[C@@H](c2ccc(-c3ccc(Cl)cc3Cl)o2)N1Cc1ccncc1. The first kappa shape index (κ1) is 20.9. The van der Waals surface area contributed by atoms with Gasteiger partial charge in [-0.15, -0.1) is 0 Å². The largest absolute Gasteiger partial charge is 0.459 e.